The molecule has 2 amide bonds. The van der Waals surface area contributed by atoms with E-state index < -0.39 is 10.0 Å². The number of aryl methyl sites for hydroxylation is 2. The molecule has 8 heteroatoms. The molecule has 0 spiro atoms. The summed E-state index contributed by atoms with van der Waals surface area (Å²) in [4.78, 5) is 27.3. The maximum absolute atomic E-state index is 12.5. The summed E-state index contributed by atoms with van der Waals surface area (Å²) >= 11 is 0. The van der Waals surface area contributed by atoms with Gasteiger partial charge in [-0.1, -0.05) is 18.2 Å². The molecular weight excluding hydrogens is 354 g/mol. The van der Waals surface area contributed by atoms with Gasteiger partial charge in [0.15, 0.2) is 0 Å². The number of benzene rings is 1. The van der Waals surface area contributed by atoms with Gasteiger partial charge in [-0.2, -0.15) is 0 Å². The van der Waals surface area contributed by atoms with Gasteiger partial charge in [-0.15, -0.1) is 0 Å². The molecule has 0 saturated carbocycles. The van der Waals surface area contributed by atoms with Gasteiger partial charge in [0.1, 0.15) is 0 Å². The number of piperazine rings is 1. The van der Waals surface area contributed by atoms with Crippen LogP contribution in [0.1, 0.15) is 24.5 Å². The highest BCUT2D eigenvalue weighted by Crippen LogP contribution is 2.27. The molecule has 0 bridgehead atoms. The lowest BCUT2D eigenvalue weighted by atomic mass is 10.1. The Bertz CT molecular complexity index is 763. The Hall–Kier alpha value is -2.09. The van der Waals surface area contributed by atoms with Crippen LogP contribution < -0.4 is 4.31 Å². The van der Waals surface area contributed by atoms with Crippen LogP contribution in [0.5, 0.6) is 0 Å². The number of amides is 2. The van der Waals surface area contributed by atoms with Gasteiger partial charge in [-0.05, 0) is 25.0 Å². The Morgan fingerprint density at radius 3 is 2.00 bits per heavy atom. The van der Waals surface area contributed by atoms with Crippen molar-refractivity contribution in [3.63, 3.8) is 0 Å². The molecule has 7 nitrogen and oxygen atoms in total. The highest BCUT2D eigenvalue weighted by Gasteiger charge is 2.25. The zero-order valence-electron chi connectivity index (χ0n) is 15.9. The average Bonchev–Trinajstić information content (AvgIpc) is 2.56. The van der Waals surface area contributed by atoms with Gasteiger partial charge in [0.05, 0.1) is 11.9 Å². The fourth-order valence-electron chi connectivity index (χ4n) is 3.27. The van der Waals surface area contributed by atoms with Crippen molar-refractivity contribution >= 4 is 27.5 Å². The lowest BCUT2D eigenvalue weighted by molar-refractivity contribution is -0.138. The van der Waals surface area contributed by atoms with Crippen molar-refractivity contribution in [3.8, 4) is 0 Å². The van der Waals surface area contributed by atoms with Crippen LogP contribution in [0.25, 0.3) is 0 Å². The molecule has 1 aliphatic heterocycles. The standard InChI is InChI=1S/C18H27N3O4S/c1-14-6-5-7-15(2)18(14)21(26(4,24)25)9-8-17(23)20-12-10-19(11-13-20)16(3)22/h5-7H,8-13H2,1-4H3. The monoisotopic (exact) mass is 381 g/mol. The van der Waals surface area contributed by atoms with E-state index in [1.54, 1.807) is 9.80 Å². The van der Waals surface area contributed by atoms with E-state index in [-0.39, 0.29) is 24.8 Å². The Morgan fingerprint density at radius 2 is 1.54 bits per heavy atom. The van der Waals surface area contributed by atoms with E-state index in [0.29, 0.717) is 31.9 Å². The van der Waals surface area contributed by atoms with Crippen LogP contribution in [0.2, 0.25) is 0 Å². The number of sulfonamides is 1. The quantitative estimate of drug-likeness (QED) is 0.767. The average molecular weight is 381 g/mol. The molecule has 144 valence electrons. The highest BCUT2D eigenvalue weighted by molar-refractivity contribution is 7.92. The summed E-state index contributed by atoms with van der Waals surface area (Å²) in [6, 6.07) is 5.61. The van der Waals surface area contributed by atoms with Crippen molar-refractivity contribution in [1.82, 2.24) is 9.80 Å². The van der Waals surface area contributed by atoms with Crippen molar-refractivity contribution in [1.29, 1.82) is 0 Å². The Kier molecular flexibility index (Phi) is 6.28. The first-order valence-electron chi connectivity index (χ1n) is 8.68. The van der Waals surface area contributed by atoms with E-state index in [2.05, 4.69) is 0 Å². The summed E-state index contributed by atoms with van der Waals surface area (Å²) in [6.07, 6.45) is 1.27. The molecule has 26 heavy (non-hydrogen) atoms. The largest absolute Gasteiger partial charge is 0.339 e. The van der Waals surface area contributed by atoms with Gasteiger partial charge in [-0.3, -0.25) is 13.9 Å². The molecule has 1 heterocycles. The maximum Gasteiger partial charge on any atom is 0.232 e. The first-order valence-corrected chi connectivity index (χ1v) is 10.5. The third-order valence-electron chi connectivity index (χ3n) is 4.70. The zero-order valence-corrected chi connectivity index (χ0v) is 16.7. The topological polar surface area (TPSA) is 78.0 Å². The molecule has 1 aromatic rings. The third kappa shape index (κ3) is 4.75. The molecule has 0 unspecified atom stereocenters. The summed E-state index contributed by atoms with van der Waals surface area (Å²) in [5.41, 5.74) is 2.36. The van der Waals surface area contributed by atoms with E-state index >= 15 is 0 Å². The van der Waals surface area contributed by atoms with Crippen LogP contribution in [0.3, 0.4) is 0 Å². The maximum atomic E-state index is 12.5. The lowest BCUT2D eigenvalue weighted by Gasteiger charge is -2.34. The molecule has 2 rings (SSSR count). The summed E-state index contributed by atoms with van der Waals surface area (Å²) in [7, 11) is -3.50. The van der Waals surface area contributed by atoms with Gasteiger partial charge in [-0.25, -0.2) is 8.42 Å². The molecular formula is C18H27N3O4S. The van der Waals surface area contributed by atoms with E-state index in [1.807, 2.05) is 32.0 Å². The van der Waals surface area contributed by atoms with Crippen molar-refractivity contribution in [2.24, 2.45) is 0 Å². The summed E-state index contributed by atoms with van der Waals surface area (Å²) in [6.45, 7) is 7.37. The van der Waals surface area contributed by atoms with Gasteiger partial charge in [0.25, 0.3) is 0 Å². The van der Waals surface area contributed by atoms with Crippen LogP contribution >= 0.6 is 0 Å². The molecule has 1 saturated heterocycles. The SMILES string of the molecule is CC(=O)N1CCN(C(=O)CCN(c2c(C)cccc2C)S(C)(=O)=O)CC1. The molecule has 1 fully saturated rings. The van der Waals surface area contributed by atoms with Crippen LogP contribution in [0, 0.1) is 13.8 Å². The summed E-state index contributed by atoms with van der Waals surface area (Å²) in [5.74, 6) is -0.0801. The van der Waals surface area contributed by atoms with Crippen molar-refractivity contribution in [3.05, 3.63) is 29.3 Å². The second kappa shape index (κ2) is 8.07. The minimum atomic E-state index is -3.50. The second-order valence-electron chi connectivity index (χ2n) is 6.71. The number of hydrogen-bond donors (Lipinski definition) is 0. The lowest BCUT2D eigenvalue weighted by Crippen LogP contribution is -2.50. The Labute approximate surface area is 155 Å². The molecule has 1 aromatic carbocycles. The number of para-hydroxylation sites is 1. The van der Waals surface area contributed by atoms with Crippen LogP contribution in [-0.4, -0.2) is 69.0 Å². The normalized spacial score (nSPS) is 15.1. The molecule has 0 aliphatic carbocycles. The molecule has 0 N–H and O–H groups in total. The van der Waals surface area contributed by atoms with Crippen molar-refractivity contribution < 1.29 is 18.0 Å². The number of anilines is 1. The number of carbonyl (C=O) groups is 2. The molecule has 0 atom stereocenters. The second-order valence-corrected chi connectivity index (χ2v) is 8.62. The number of rotatable bonds is 5. The van der Waals surface area contributed by atoms with Gasteiger partial charge < -0.3 is 9.80 Å². The highest BCUT2D eigenvalue weighted by atomic mass is 32.2. The predicted octanol–water partition coefficient (Wildman–Crippen LogP) is 1.15. The minimum Gasteiger partial charge on any atom is -0.339 e. The van der Waals surface area contributed by atoms with E-state index in [9.17, 15) is 18.0 Å². The first-order chi connectivity index (χ1) is 12.1. The zero-order chi connectivity index (χ0) is 19.5. The van der Waals surface area contributed by atoms with E-state index in [0.717, 1.165) is 17.4 Å². The summed E-state index contributed by atoms with van der Waals surface area (Å²) in [5, 5.41) is 0. The van der Waals surface area contributed by atoms with Crippen LogP contribution in [-0.2, 0) is 19.6 Å². The van der Waals surface area contributed by atoms with Gasteiger partial charge in [0.2, 0.25) is 21.8 Å². The first kappa shape index (κ1) is 20.2. The number of hydrogen-bond acceptors (Lipinski definition) is 4. The molecule has 0 aromatic heterocycles. The molecule has 1 aliphatic rings. The predicted molar refractivity (Wildman–Crippen MR) is 102 cm³/mol. The fourth-order valence-corrected chi connectivity index (χ4v) is 4.31. The van der Waals surface area contributed by atoms with Crippen LogP contribution in [0.4, 0.5) is 5.69 Å². The number of nitrogens with zero attached hydrogens (tertiary/aromatic N) is 3. The van der Waals surface area contributed by atoms with Crippen LogP contribution in [0.15, 0.2) is 18.2 Å². The van der Waals surface area contributed by atoms with Gasteiger partial charge in [0, 0.05) is 46.1 Å². The fraction of sp³-hybridized carbons (Fsp3) is 0.556. The third-order valence-corrected chi connectivity index (χ3v) is 5.86. The van der Waals surface area contributed by atoms with E-state index in [1.165, 1.54) is 11.2 Å². The van der Waals surface area contributed by atoms with Gasteiger partial charge >= 0.3 is 0 Å². The van der Waals surface area contributed by atoms with E-state index in [4.69, 9.17) is 0 Å². The number of carbonyl (C=O) groups excluding carboxylic acids is 2. The minimum absolute atomic E-state index is 0.00961. The Balaban J connectivity index is 2.07. The summed E-state index contributed by atoms with van der Waals surface area (Å²) < 4.78 is 25.9. The van der Waals surface area contributed by atoms with Crippen molar-refractivity contribution in [2.75, 3.05) is 43.3 Å². The van der Waals surface area contributed by atoms with Crippen molar-refractivity contribution in [2.45, 2.75) is 27.2 Å². The Morgan fingerprint density at radius 1 is 1.04 bits per heavy atom. The molecule has 0 radical (unpaired) electrons. The smallest absolute Gasteiger partial charge is 0.232 e.